The summed E-state index contributed by atoms with van der Waals surface area (Å²) in [4.78, 5) is 2.55. The Morgan fingerprint density at radius 1 is 1.44 bits per heavy atom. The first-order valence-corrected chi connectivity index (χ1v) is 6.22. The maximum absolute atomic E-state index is 3.48. The van der Waals surface area contributed by atoms with Crippen molar-refractivity contribution in [2.75, 3.05) is 26.2 Å². The molecule has 1 aromatic rings. The minimum absolute atomic E-state index is 0.757. The molecule has 88 valence electrons. The van der Waals surface area contributed by atoms with Crippen molar-refractivity contribution in [3.8, 4) is 0 Å². The zero-order chi connectivity index (χ0) is 11.4. The van der Waals surface area contributed by atoms with Gasteiger partial charge in [0.2, 0.25) is 0 Å². The Morgan fingerprint density at radius 2 is 2.31 bits per heavy atom. The molecule has 0 amide bonds. The Kier molecular flexibility index (Phi) is 3.97. The van der Waals surface area contributed by atoms with E-state index in [0.29, 0.717) is 0 Å². The minimum Gasteiger partial charge on any atom is -0.315 e. The average Bonchev–Trinajstić information content (AvgIpc) is 2.43. The summed E-state index contributed by atoms with van der Waals surface area (Å²) < 4.78 is 0. The van der Waals surface area contributed by atoms with Crippen molar-refractivity contribution < 1.29 is 0 Å². The van der Waals surface area contributed by atoms with Gasteiger partial charge in [-0.1, -0.05) is 36.8 Å². The first-order chi connectivity index (χ1) is 7.74. The van der Waals surface area contributed by atoms with Crippen molar-refractivity contribution in [2.45, 2.75) is 20.4 Å². The van der Waals surface area contributed by atoms with Crippen LogP contribution in [0.2, 0.25) is 0 Å². The monoisotopic (exact) mass is 218 g/mol. The summed E-state index contributed by atoms with van der Waals surface area (Å²) in [6.07, 6.45) is 0. The van der Waals surface area contributed by atoms with Crippen LogP contribution in [-0.2, 0) is 6.54 Å². The van der Waals surface area contributed by atoms with Crippen molar-refractivity contribution in [1.82, 2.24) is 10.2 Å². The molecule has 0 aromatic heterocycles. The number of benzene rings is 1. The molecule has 2 rings (SSSR count). The average molecular weight is 218 g/mol. The van der Waals surface area contributed by atoms with Gasteiger partial charge >= 0.3 is 0 Å². The van der Waals surface area contributed by atoms with E-state index in [0.717, 1.165) is 32.1 Å². The normalized spacial score (nSPS) is 23.0. The lowest BCUT2D eigenvalue weighted by Gasteiger charge is -2.22. The number of nitrogens with zero attached hydrogens (tertiary/aromatic N) is 1. The number of nitrogens with one attached hydrogen (secondary N) is 1. The lowest BCUT2D eigenvalue weighted by Crippen LogP contribution is -2.28. The quantitative estimate of drug-likeness (QED) is 0.817. The van der Waals surface area contributed by atoms with E-state index in [-0.39, 0.29) is 0 Å². The van der Waals surface area contributed by atoms with Crippen LogP contribution in [0.4, 0.5) is 0 Å². The molecular formula is C14H22N2. The molecule has 0 aliphatic carbocycles. The highest BCUT2D eigenvalue weighted by atomic mass is 15.2. The summed E-state index contributed by atoms with van der Waals surface area (Å²) in [5.74, 6) is 0.757. The van der Waals surface area contributed by atoms with Crippen molar-refractivity contribution in [3.63, 3.8) is 0 Å². The highest BCUT2D eigenvalue weighted by Gasteiger charge is 2.14. The van der Waals surface area contributed by atoms with Gasteiger partial charge in [0.15, 0.2) is 0 Å². The SMILES string of the molecule is Cc1cccc(CN2CCNCC(C)C2)c1. The number of hydrogen-bond donors (Lipinski definition) is 1. The van der Waals surface area contributed by atoms with E-state index in [1.165, 1.54) is 17.7 Å². The van der Waals surface area contributed by atoms with Gasteiger partial charge in [-0.25, -0.2) is 0 Å². The second-order valence-electron chi connectivity index (χ2n) is 5.03. The van der Waals surface area contributed by atoms with Gasteiger partial charge in [-0.05, 0) is 24.9 Å². The molecule has 0 saturated carbocycles. The molecule has 16 heavy (non-hydrogen) atoms. The number of aryl methyl sites for hydroxylation is 1. The Morgan fingerprint density at radius 3 is 3.12 bits per heavy atom. The van der Waals surface area contributed by atoms with E-state index >= 15 is 0 Å². The third kappa shape index (κ3) is 3.32. The molecule has 0 radical (unpaired) electrons. The first kappa shape index (κ1) is 11.6. The smallest absolute Gasteiger partial charge is 0.0234 e. The second-order valence-corrected chi connectivity index (χ2v) is 5.03. The van der Waals surface area contributed by atoms with Gasteiger partial charge in [-0.2, -0.15) is 0 Å². The molecule has 0 spiro atoms. The van der Waals surface area contributed by atoms with Crippen LogP contribution in [0.5, 0.6) is 0 Å². The molecule has 2 heteroatoms. The van der Waals surface area contributed by atoms with Crippen LogP contribution in [0.25, 0.3) is 0 Å². The van der Waals surface area contributed by atoms with Gasteiger partial charge in [-0.15, -0.1) is 0 Å². The molecular weight excluding hydrogens is 196 g/mol. The van der Waals surface area contributed by atoms with Crippen LogP contribution in [0.3, 0.4) is 0 Å². The maximum Gasteiger partial charge on any atom is 0.0234 e. The third-order valence-electron chi connectivity index (χ3n) is 3.16. The number of hydrogen-bond acceptors (Lipinski definition) is 2. The van der Waals surface area contributed by atoms with E-state index < -0.39 is 0 Å². The predicted octanol–water partition coefficient (Wildman–Crippen LogP) is 2.04. The Hall–Kier alpha value is -0.860. The molecule has 1 fully saturated rings. The van der Waals surface area contributed by atoms with Crippen molar-refractivity contribution in [3.05, 3.63) is 35.4 Å². The summed E-state index contributed by atoms with van der Waals surface area (Å²) in [6.45, 7) is 10.2. The van der Waals surface area contributed by atoms with Gasteiger partial charge in [0.1, 0.15) is 0 Å². The number of rotatable bonds is 2. The van der Waals surface area contributed by atoms with E-state index in [4.69, 9.17) is 0 Å². The fourth-order valence-electron chi connectivity index (χ4n) is 2.39. The van der Waals surface area contributed by atoms with E-state index in [2.05, 4.69) is 48.3 Å². The van der Waals surface area contributed by atoms with Crippen LogP contribution >= 0.6 is 0 Å². The Labute approximate surface area is 98.7 Å². The van der Waals surface area contributed by atoms with E-state index in [1.54, 1.807) is 0 Å². The summed E-state index contributed by atoms with van der Waals surface area (Å²) in [6, 6.07) is 8.85. The molecule has 0 bridgehead atoms. The Balaban J connectivity index is 1.97. The lowest BCUT2D eigenvalue weighted by atomic mass is 10.1. The minimum atomic E-state index is 0.757. The molecule has 1 aromatic carbocycles. The van der Waals surface area contributed by atoms with E-state index in [9.17, 15) is 0 Å². The first-order valence-electron chi connectivity index (χ1n) is 6.22. The molecule has 1 heterocycles. The standard InChI is InChI=1S/C14H22N2/c1-12-4-3-5-14(8-12)11-16-7-6-15-9-13(2)10-16/h3-5,8,13,15H,6-7,9-11H2,1-2H3. The molecule has 1 aliphatic rings. The Bertz CT molecular complexity index is 335. The summed E-state index contributed by atoms with van der Waals surface area (Å²) in [5, 5.41) is 3.48. The molecule has 1 aliphatic heterocycles. The zero-order valence-corrected chi connectivity index (χ0v) is 10.4. The van der Waals surface area contributed by atoms with E-state index in [1.807, 2.05) is 0 Å². The fraction of sp³-hybridized carbons (Fsp3) is 0.571. The molecule has 1 N–H and O–H groups in total. The molecule has 1 saturated heterocycles. The largest absolute Gasteiger partial charge is 0.315 e. The van der Waals surface area contributed by atoms with Gasteiger partial charge in [0, 0.05) is 26.2 Å². The second kappa shape index (κ2) is 5.46. The van der Waals surface area contributed by atoms with Crippen LogP contribution in [0.1, 0.15) is 18.1 Å². The maximum atomic E-state index is 3.48. The van der Waals surface area contributed by atoms with Crippen molar-refractivity contribution in [1.29, 1.82) is 0 Å². The van der Waals surface area contributed by atoms with Gasteiger partial charge in [-0.3, -0.25) is 4.90 Å². The van der Waals surface area contributed by atoms with Crippen molar-refractivity contribution >= 4 is 0 Å². The molecule has 2 nitrogen and oxygen atoms in total. The fourth-order valence-corrected chi connectivity index (χ4v) is 2.39. The third-order valence-corrected chi connectivity index (χ3v) is 3.16. The van der Waals surface area contributed by atoms with Crippen LogP contribution in [0, 0.1) is 12.8 Å². The van der Waals surface area contributed by atoms with Gasteiger partial charge < -0.3 is 5.32 Å². The zero-order valence-electron chi connectivity index (χ0n) is 10.4. The molecule has 1 atom stereocenters. The lowest BCUT2D eigenvalue weighted by molar-refractivity contribution is 0.257. The van der Waals surface area contributed by atoms with Crippen LogP contribution < -0.4 is 5.32 Å². The molecule has 1 unspecified atom stereocenters. The van der Waals surface area contributed by atoms with Gasteiger partial charge in [0.05, 0.1) is 0 Å². The van der Waals surface area contributed by atoms with Crippen LogP contribution in [-0.4, -0.2) is 31.1 Å². The van der Waals surface area contributed by atoms with Crippen molar-refractivity contribution in [2.24, 2.45) is 5.92 Å². The highest BCUT2D eigenvalue weighted by molar-refractivity contribution is 5.22. The highest BCUT2D eigenvalue weighted by Crippen LogP contribution is 2.10. The summed E-state index contributed by atoms with van der Waals surface area (Å²) >= 11 is 0. The summed E-state index contributed by atoms with van der Waals surface area (Å²) in [5.41, 5.74) is 2.80. The predicted molar refractivity (Wildman–Crippen MR) is 68.5 cm³/mol. The van der Waals surface area contributed by atoms with Gasteiger partial charge in [0.25, 0.3) is 0 Å². The summed E-state index contributed by atoms with van der Waals surface area (Å²) in [7, 11) is 0. The van der Waals surface area contributed by atoms with Crippen LogP contribution in [0.15, 0.2) is 24.3 Å². The topological polar surface area (TPSA) is 15.3 Å².